The topological polar surface area (TPSA) is 100 Å². The minimum atomic E-state index is -1.29. The van der Waals surface area contributed by atoms with Crippen LogP contribution < -0.4 is 10.1 Å². The van der Waals surface area contributed by atoms with Crippen LogP contribution in [0.5, 0.6) is 5.75 Å². The molecule has 0 radical (unpaired) electrons. The number of rotatable bonds is 5. The highest BCUT2D eigenvalue weighted by Crippen LogP contribution is 2.26. The number of carboxylic acids is 1. The summed E-state index contributed by atoms with van der Waals surface area (Å²) in [6.45, 7) is 0. The number of carbonyl (C=O) groups is 2. The molecule has 0 saturated carbocycles. The SMILES string of the molecule is COc1c(F)cc(F)c(C=NN=C2NC(=O)C(CC(=O)O)S2)c1F. The predicted molar refractivity (Wildman–Crippen MR) is 79.7 cm³/mol. The zero-order valence-corrected chi connectivity index (χ0v) is 12.9. The molecule has 128 valence electrons. The normalized spacial score (nSPS) is 19.1. The van der Waals surface area contributed by atoms with Crippen LogP contribution in [-0.4, -0.2) is 40.7 Å². The lowest BCUT2D eigenvalue weighted by Crippen LogP contribution is -2.26. The van der Waals surface area contributed by atoms with Gasteiger partial charge in [0.1, 0.15) is 11.1 Å². The molecule has 1 unspecified atom stereocenters. The molecule has 1 atom stereocenters. The van der Waals surface area contributed by atoms with Crippen LogP contribution >= 0.6 is 11.8 Å². The lowest BCUT2D eigenvalue weighted by Gasteiger charge is -2.06. The van der Waals surface area contributed by atoms with Gasteiger partial charge in [0.05, 0.1) is 25.3 Å². The minimum absolute atomic E-state index is 0.0163. The van der Waals surface area contributed by atoms with Crippen LogP contribution in [0.25, 0.3) is 0 Å². The van der Waals surface area contributed by atoms with Crippen molar-refractivity contribution in [2.45, 2.75) is 11.7 Å². The molecule has 1 fully saturated rings. The Bertz CT molecular complexity index is 754. The Balaban J connectivity index is 2.18. The first kappa shape index (κ1) is 17.8. The highest BCUT2D eigenvalue weighted by atomic mass is 32.2. The molecule has 0 aliphatic carbocycles. The fraction of sp³-hybridized carbons (Fsp3) is 0.231. The third-order valence-electron chi connectivity index (χ3n) is 2.84. The average Bonchev–Trinajstić information content (AvgIpc) is 2.82. The van der Waals surface area contributed by atoms with E-state index in [4.69, 9.17) is 5.11 Å². The first-order valence-electron chi connectivity index (χ1n) is 6.35. The van der Waals surface area contributed by atoms with Crippen LogP contribution in [0.4, 0.5) is 13.2 Å². The molecule has 1 aromatic carbocycles. The smallest absolute Gasteiger partial charge is 0.305 e. The zero-order valence-electron chi connectivity index (χ0n) is 12.0. The van der Waals surface area contributed by atoms with E-state index in [1.165, 1.54) is 0 Å². The van der Waals surface area contributed by atoms with Crippen molar-refractivity contribution >= 4 is 35.0 Å². The van der Waals surface area contributed by atoms with Crippen molar-refractivity contribution in [1.29, 1.82) is 0 Å². The maximum Gasteiger partial charge on any atom is 0.305 e. The molecular weight excluding hydrogens is 351 g/mol. The largest absolute Gasteiger partial charge is 0.491 e. The number of ether oxygens (including phenoxy) is 1. The Morgan fingerprint density at radius 2 is 2.17 bits per heavy atom. The molecule has 2 N–H and O–H groups in total. The number of nitrogens with zero attached hydrogens (tertiary/aromatic N) is 2. The molecule has 0 bridgehead atoms. The van der Waals surface area contributed by atoms with E-state index in [1.807, 2.05) is 0 Å². The van der Waals surface area contributed by atoms with Gasteiger partial charge >= 0.3 is 5.97 Å². The molecule has 1 aromatic rings. The maximum absolute atomic E-state index is 13.9. The van der Waals surface area contributed by atoms with Gasteiger partial charge in [-0.15, -0.1) is 5.10 Å². The summed E-state index contributed by atoms with van der Waals surface area (Å²) < 4.78 is 45.2. The first-order chi connectivity index (χ1) is 11.3. The fourth-order valence-electron chi connectivity index (χ4n) is 1.78. The minimum Gasteiger partial charge on any atom is -0.491 e. The van der Waals surface area contributed by atoms with Gasteiger partial charge in [0.25, 0.3) is 0 Å². The van der Waals surface area contributed by atoms with Crippen LogP contribution in [0.2, 0.25) is 0 Å². The highest BCUT2D eigenvalue weighted by Gasteiger charge is 2.32. The number of aliphatic carboxylic acids is 1. The number of benzene rings is 1. The number of carbonyl (C=O) groups excluding carboxylic acids is 1. The summed E-state index contributed by atoms with van der Waals surface area (Å²) in [5, 5.41) is 17.0. The molecular formula is C13H10F3N3O4S. The van der Waals surface area contributed by atoms with Crippen molar-refractivity contribution in [3.63, 3.8) is 0 Å². The van der Waals surface area contributed by atoms with E-state index < -0.39 is 52.3 Å². The summed E-state index contributed by atoms with van der Waals surface area (Å²) in [7, 11) is 1.02. The Morgan fingerprint density at radius 3 is 2.79 bits per heavy atom. The number of hydrogen-bond acceptors (Lipinski definition) is 6. The summed E-state index contributed by atoms with van der Waals surface area (Å²) >= 11 is 0.823. The number of halogens is 3. The maximum atomic E-state index is 13.9. The van der Waals surface area contributed by atoms with Crippen molar-refractivity contribution < 1.29 is 32.6 Å². The van der Waals surface area contributed by atoms with Crippen LogP contribution in [-0.2, 0) is 9.59 Å². The molecule has 1 aliphatic heterocycles. The third kappa shape index (κ3) is 3.85. The number of carboxylic acid groups (broad SMARTS) is 1. The molecule has 0 spiro atoms. The Morgan fingerprint density at radius 1 is 1.46 bits per heavy atom. The monoisotopic (exact) mass is 361 g/mol. The summed E-state index contributed by atoms with van der Waals surface area (Å²) in [5.74, 6) is -6.18. The van der Waals surface area contributed by atoms with E-state index in [1.54, 1.807) is 0 Å². The van der Waals surface area contributed by atoms with E-state index in [0.717, 1.165) is 18.9 Å². The molecule has 1 saturated heterocycles. The number of thioether (sulfide) groups is 1. The van der Waals surface area contributed by atoms with Crippen molar-refractivity contribution in [3.8, 4) is 5.75 Å². The number of hydrogen-bond donors (Lipinski definition) is 2. The van der Waals surface area contributed by atoms with Gasteiger partial charge in [0.2, 0.25) is 5.91 Å². The summed E-state index contributed by atoms with van der Waals surface area (Å²) in [6.07, 6.45) is 0.286. The van der Waals surface area contributed by atoms with Crippen molar-refractivity contribution in [3.05, 3.63) is 29.1 Å². The summed E-state index contributed by atoms with van der Waals surface area (Å²) in [5.41, 5.74) is -0.672. The average molecular weight is 361 g/mol. The molecule has 2 rings (SSSR count). The van der Waals surface area contributed by atoms with E-state index in [2.05, 4.69) is 20.3 Å². The van der Waals surface area contributed by atoms with Gasteiger partial charge < -0.3 is 15.2 Å². The molecule has 1 heterocycles. The van der Waals surface area contributed by atoms with Gasteiger partial charge in [0.15, 0.2) is 22.6 Å². The number of amides is 1. The van der Waals surface area contributed by atoms with Gasteiger partial charge in [-0.05, 0) is 0 Å². The number of amidine groups is 1. The highest BCUT2D eigenvalue weighted by molar-refractivity contribution is 8.15. The molecule has 0 aromatic heterocycles. The Labute approximate surface area is 137 Å². The standard InChI is InChI=1S/C13H10F3N3O4S/c1-23-11-7(15)2-6(14)5(10(11)16)4-17-19-13-18-12(22)8(24-13)3-9(20)21/h2,4,8H,3H2,1H3,(H,20,21)(H,18,19,22). The van der Waals surface area contributed by atoms with Crippen molar-refractivity contribution in [2.24, 2.45) is 10.2 Å². The van der Waals surface area contributed by atoms with Crippen molar-refractivity contribution in [1.82, 2.24) is 5.32 Å². The van der Waals surface area contributed by atoms with Crippen LogP contribution in [0.3, 0.4) is 0 Å². The third-order valence-corrected chi connectivity index (χ3v) is 3.91. The Hall–Kier alpha value is -2.56. The van der Waals surface area contributed by atoms with Crippen LogP contribution in [0, 0.1) is 17.5 Å². The Kier molecular flexibility index (Phi) is 5.44. The molecule has 7 nitrogen and oxygen atoms in total. The van der Waals surface area contributed by atoms with Gasteiger partial charge in [0, 0.05) is 6.07 Å². The second kappa shape index (κ2) is 7.34. The summed E-state index contributed by atoms with van der Waals surface area (Å²) in [4.78, 5) is 22.1. The van der Waals surface area contributed by atoms with E-state index in [9.17, 15) is 22.8 Å². The van der Waals surface area contributed by atoms with Crippen LogP contribution in [0.15, 0.2) is 16.3 Å². The lowest BCUT2D eigenvalue weighted by atomic mass is 10.2. The summed E-state index contributed by atoms with van der Waals surface area (Å²) in [6, 6.07) is 0.436. The van der Waals surface area contributed by atoms with Gasteiger partial charge in [-0.3, -0.25) is 9.59 Å². The quantitative estimate of drug-likeness (QED) is 0.612. The zero-order chi connectivity index (χ0) is 17.9. The van der Waals surface area contributed by atoms with Crippen molar-refractivity contribution in [2.75, 3.05) is 7.11 Å². The predicted octanol–water partition coefficient (Wildman–Crippen LogP) is 1.51. The first-order valence-corrected chi connectivity index (χ1v) is 7.23. The lowest BCUT2D eigenvalue weighted by molar-refractivity contribution is -0.138. The van der Waals surface area contributed by atoms with Gasteiger partial charge in [-0.25, -0.2) is 13.2 Å². The van der Waals surface area contributed by atoms with Crippen LogP contribution in [0.1, 0.15) is 12.0 Å². The van der Waals surface area contributed by atoms with Gasteiger partial charge in [-0.1, -0.05) is 11.8 Å². The second-order valence-corrected chi connectivity index (χ2v) is 5.64. The van der Waals surface area contributed by atoms with Gasteiger partial charge in [-0.2, -0.15) is 5.10 Å². The number of nitrogens with one attached hydrogen (secondary N) is 1. The molecule has 1 amide bonds. The second-order valence-electron chi connectivity index (χ2n) is 4.44. The van der Waals surface area contributed by atoms with E-state index >= 15 is 0 Å². The van der Waals surface area contributed by atoms with E-state index in [0.29, 0.717) is 12.3 Å². The molecule has 11 heteroatoms. The number of methoxy groups -OCH3 is 1. The van der Waals surface area contributed by atoms with E-state index in [-0.39, 0.29) is 5.17 Å². The fourth-order valence-corrected chi connectivity index (χ4v) is 2.69. The molecule has 24 heavy (non-hydrogen) atoms. The molecule has 1 aliphatic rings.